The SMILES string of the molecule is CC1(CC2C(=O)OC(C)(C)OC2=O)CC1.O=C(O)CCC1(C(F)(F)F)CC1. The molecule has 3 fully saturated rings. The number of carboxylic acid groups (broad SMARTS) is 1. The number of hydrogen-bond donors (Lipinski definition) is 1. The molecule has 0 aromatic rings. The molecule has 6 nitrogen and oxygen atoms in total. The van der Waals surface area contributed by atoms with Gasteiger partial charge in [0.1, 0.15) is 0 Å². The number of ether oxygens (including phenoxy) is 2. The summed E-state index contributed by atoms with van der Waals surface area (Å²) in [5.74, 6) is -3.86. The van der Waals surface area contributed by atoms with E-state index in [0.717, 1.165) is 12.8 Å². The molecule has 3 aliphatic rings. The second kappa shape index (κ2) is 6.98. The van der Waals surface area contributed by atoms with Gasteiger partial charge in [-0.15, -0.1) is 0 Å². The van der Waals surface area contributed by atoms with Crippen LogP contribution in [0, 0.1) is 16.7 Å². The number of halogens is 3. The van der Waals surface area contributed by atoms with E-state index in [4.69, 9.17) is 14.6 Å². The smallest absolute Gasteiger partial charge is 0.394 e. The van der Waals surface area contributed by atoms with Crippen molar-refractivity contribution in [3.63, 3.8) is 0 Å². The number of esters is 2. The second-order valence-corrected chi connectivity index (χ2v) is 8.48. The van der Waals surface area contributed by atoms with Gasteiger partial charge >= 0.3 is 24.1 Å². The minimum absolute atomic E-state index is 0.0871. The first kappa shape index (κ1) is 21.5. The minimum atomic E-state index is -4.22. The Morgan fingerprint density at radius 1 is 1.07 bits per heavy atom. The van der Waals surface area contributed by atoms with Crippen molar-refractivity contribution in [2.24, 2.45) is 16.7 Å². The Hall–Kier alpha value is -1.80. The van der Waals surface area contributed by atoms with Gasteiger partial charge in [0.05, 0.1) is 5.41 Å². The van der Waals surface area contributed by atoms with Gasteiger partial charge in [-0.25, -0.2) is 0 Å². The molecule has 154 valence electrons. The van der Waals surface area contributed by atoms with Gasteiger partial charge in [-0.1, -0.05) is 6.92 Å². The van der Waals surface area contributed by atoms with E-state index in [2.05, 4.69) is 6.92 Å². The van der Waals surface area contributed by atoms with Gasteiger partial charge in [-0.05, 0) is 43.9 Å². The van der Waals surface area contributed by atoms with Gasteiger partial charge in [0.15, 0.2) is 5.92 Å². The molecule has 3 rings (SSSR count). The van der Waals surface area contributed by atoms with Crippen molar-refractivity contribution in [1.82, 2.24) is 0 Å². The molecule has 9 heteroatoms. The van der Waals surface area contributed by atoms with Gasteiger partial charge in [-0.3, -0.25) is 14.4 Å². The number of cyclic esters (lactones) is 2. The average Bonchev–Trinajstić information content (AvgIpc) is 3.37. The Balaban J connectivity index is 0.000000199. The fraction of sp³-hybridized carbons (Fsp3) is 0.833. The first-order valence-electron chi connectivity index (χ1n) is 8.93. The van der Waals surface area contributed by atoms with Crippen LogP contribution in [-0.4, -0.2) is 35.0 Å². The van der Waals surface area contributed by atoms with Crippen LogP contribution in [0.25, 0.3) is 0 Å². The number of rotatable bonds is 5. The summed E-state index contributed by atoms with van der Waals surface area (Å²) in [6.07, 6.45) is -2.00. The van der Waals surface area contributed by atoms with Crippen molar-refractivity contribution in [2.45, 2.75) is 77.7 Å². The lowest BCUT2D eigenvalue weighted by atomic mass is 9.93. The Morgan fingerprint density at radius 3 is 1.89 bits per heavy atom. The molecule has 0 amide bonds. The van der Waals surface area contributed by atoms with E-state index in [-0.39, 0.29) is 31.1 Å². The Bertz CT molecular complexity index is 597. The standard InChI is InChI=1S/C11H16O4.C7H9F3O2/c1-10(2)14-8(12)7(9(13)15-10)6-11(3)4-5-11;8-7(9,10)6(3-4-6)2-1-5(11)12/h7H,4-6H2,1-3H3;1-4H2,(H,11,12). The number of carbonyl (C=O) groups is 3. The van der Waals surface area contributed by atoms with Crippen molar-refractivity contribution in [2.75, 3.05) is 0 Å². The summed E-state index contributed by atoms with van der Waals surface area (Å²) in [6.45, 7) is 5.21. The highest BCUT2D eigenvalue weighted by Gasteiger charge is 2.62. The lowest BCUT2D eigenvalue weighted by molar-refractivity contribution is -0.240. The Morgan fingerprint density at radius 2 is 1.56 bits per heavy atom. The van der Waals surface area contributed by atoms with E-state index in [0.29, 0.717) is 6.42 Å². The molecule has 1 saturated heterocycles. The number of carbonyl (C=O) groups excluding carboxylic acids is 2. The first-order valence-corrected chi connectivity index (χ1v) is 8.93. The third-order valence-corrected chi connectivity index (χ3v) is 5.33. The molecule has 0 bridgehead atoms. The van der Waals surface area contributed by atoms with E-state index in [1.165, 1.54) is 0 Å². The van der Waals surface area contributed by atoms with Crippen molar-refractivity contribution >= 4 is 17.9 Å². The zero-order valence-corrected chi connectivity index (χ0v) is 15.6. The van der Waals surface area contributed by atoms with Crippen molar-refractivity contribution in [3.05, 3.63) is 0 Å². The number of aliphatic carboxylic acids is 1. The summed E-state index contributed by atoms with van der Waals surface area (Å²) in [5, 5.41) is 8.20. The third-order valence-electron chi connectivity index (χ3n) is 5.33. The predicted octanol–water partition coefficient (Wildman–Crippen LogP) is 3.82. The highest BCUT2D eigenvalue weighted by molar-refractivity contribution is 5.96. The molecule has 2 aliphatic carbocycles. The molecule has 1 heterocycles. The molecule has 0 spiro atoms. The molecule has 27 heavy (non-hydrogen) atoms. The van der Waals surface area contributed by atoms with Crippen LogP contribution < -0.4 is 0 Å². The Labute approximate surface area is 155 Å². The highest BCUT2D eigenvalue weighted by atomic mass is 19.4. The van der Waals surface area contributed by atoms with Crippen LogP contribution >= 0.6 is 0 Å². The van der Waals surface area contributed by atoms with Gasteiger partial charge in [0.25, 0.3) is 5.79 Å². The van der Waals surface area contributed by atoms with E-state index in [9.17, 15) is 27.6 Å². The van der Waals surface area contributed by atoms with Crippen LogP contribution in [0.15, 0.2) is 0 Å². The van der Waals surface area contributed by atoms with E-state index >= 15 is 0 Å². The summed E-state index contributed by atoms with van der Waals surface area (Å²) in [5.41, 5.74) is -1.52. The van der Waals surface area contributed by atoms with Crippen molar-refractivity contribution in [3.8, 4) is 0 Å². The number of carboxylic acids is 1. The molecule has 1 aliphatic heterocycles. The quantitative estimate of drug-likeness (QED) is 0.563. The topological polar surface area (TPSA) is 89.9 Å². The van der Waals surface area contributed by atoms with Crippen molar-refractivity contribution < 1.29 is 42.1 Å². The van der Waals surface area contributed by atoms with Crippen LogP contribution in [-0.2, 0) is 23.9 Å². The van der Waals surface area contributed by atoms with Crippen LogP contribution in [0.2, 0.25) is 0 Å². The van der Waals surface area contributed by atoms with E-state index < -0.39 is 41.2 Å². The van der Waals surface area contributed by atoms with Gasteiger partial charge in [-0.2, -0.15) is 13.2 Å². The van der Waals surface area contributed by atoms with Gasteiger partial charge in [0.2, 0.25) is 0 Å². The maximum atomic E-state index is 12.2. The summed E-state index contributed by atoms with van der Waals surface area (Å²) in [4.78, 5) is 33.2. The second-order valence-electron chi connectivity index (χ2n) is 8.48. The zero-order valence-electron chi connectivity index (χ0n) is 15.6. The van der Waals surface area contributed by atoms with Crippen LogP contribution in [0.4, 0.5) is 13.2 Å². The van der Waals surface area contributed by atoms with Crippen LogP contribution in [0.5, 0.6) is 0 Å². The molecule has 0 unspecified atom stereocenters. The summed E-state index contributed by atoms with van der Waals surface area (Å²) in [7, 11) is 0. The molecule has 0 atom stereocenters. The lowest BCUT2D eigenvalue weighted by Crippen LogP contribution is -2.46. The molecule has 0 aromatic carbocycles. The lowest BCUT2D eigenvalue weighted by Gasteiger charge is -2.33. The van der Waals surface area contributed by atoms with Crippen LogP contribution in [0.3, 0.4) is 0 Å². The summed E-state index contributed by atoms with van der Waals surface area (Å²) >= 11 is 0. The molecule has 2 saturated carbocycles. The fourth-order valence-electron chi connectivity index (χ4n) is 2.99. The van der Waals surface area contributed by atoms with Crippen LogP contribution in [0.1, 0.15) is 65.7 Å². The zero-order chi connectivity index (χ0) is 20.7. The fourth-order valence-corrected chi connectivity index (χ4v) is 2.99. The highest BCUT2D eigenvalue weighted by Crippen LogP contribution is 2.60. The predicted molar refractivity (Wildman–Crippen MR) is 86.3 cm³/mol. The van der Waals surface area contributed by atoms with Crippen molar-refractivity contribution in [1.29, 1.82) is 0 Å². The minimum Gasteiger partial charge on any atom is -0.481 e. The maximum Gasteiger partial charge on any atom is 0.394 e. The normalized spacial score (nSPS) is 24.8. The van der Waals surface area contributed by atoms with Gasteiger partial charge < -0.3 is 14.6 Å². The number of hydrogen-bond acceptors (Lipinski definition) is 5. The van der Waals surface area contributed by atoms with E-state index in [1.54, 1.807) is 13.8 Å². The van der Waals surface area contributed by atoms with Gasteiger partial charge in [0, 0.05) is 20.3 Å². The first-order chi connectivity index (χ1) is 12.2. The maximum absolute atomic E-state index is 12.2. The van der Waals surface area contributed by atoms with E-state index in [1.807, 2.05) is 0 Å². The molecular weight excluding hydrogens is 369 g/mol. The molecule has 0 aromatic heterocycles. The summed E-state index contributed by atoms with van der Waals surface area (Å²) < 4.78 is 46.6. The third kappa shape index (κ3) is 5.59. The largest absolute Gasteiger partial charge is 0.481 e. The average molecular weight is 394 g/mol. The monoisotopic (exact) mass is 394 g/mol. The molecule has 1 N–H and O–H groups in total. The molecule has 0 radical (unpaired) electrons. The molecular formula is C18H25F3O6. The summed E-state index contributed by atoms with van der Waals surface area (Å²) in [6, 6.07) is 0. The Kier molecular flexibility index (Phi) is 5.56. The number of alkyl halides is 3.